The van der Waals surface area contributed by atoms with Crippen molar-refractivity contribution in [2.45, 2.75) is 19.3 Å². The molecule has 2 heterocycles. The van der Waals surface area contributed by atoms with Crippen molar-refractivity contribution in [3.8, 4) is 5.75 Å². The van der Waals surface area contributed by atoms with E-state index in [1.54, 1.807) is 0 Å². The number of carbonyl (C=O) groups excluding carboxylic acids is 1. The fourth-order valence-corrected chi connectivity index (χ4v) is 2.97. The van der Waals surface area contributed by atoms with Crippen molar-refractivity contribution in [3.05, 3.63) is 29.3 Å². The molecule has 0 bridgehead atoms. The van der Waals surface area contributed by atoms with E-state index in [2.05, 4.69) is 0 Å². The second kappa shape index (κ2) is 4.94. The summed E-state index contributed by atoms with van der Waals surface area (Å²) in [6.07, 6.45) is 2.28. The van der Waals surface area contributed by atoms with Crippen LogP contribution in [0.15, 0.2) is 18.2 Å². The van der Waals surface area contributed by atoms with Gasteiger partial charge in [0.2, 0.25) is 0 Å². The molecule has 2 N–H and O–H groups in total. The van der Waals surface area contributed by atoms with E-state index in [-0.39, 0.29) is 5.78 Å². The molecular weight excluding hydrogens is 242 g/mol. The van der Waals surface area contributed by atoms with Crippen molar-refractivity contribution in [1.29, 1.82) is 0 Å². The summed E-state index contributed by atoms with van der Waals surface area (Å²) >= 11 is 0. The van der Waals surface area contributed by atoms with Gasteiger partial charge in [0.05, 0.1) is 17.6 Å². The van der Waals surface area contributed by atoms with Gasteiger partial charge in [-0.1, -0.05) is 12.1 Å². The zero-order valence-corrected chi connectivity index (χ0v) is 11.0. The Hall–Kier alpha value is -1.39. The zero-order valence-electron chi connectivity index (χ0n) is 11.0. The Labute approximate surface area is 112 Å². The van der Waals surface area contributed by atoms with Gasteiger partial charge >= 0.3 is 0 Å². The van der Waals surface area contributed by atoms with Gasteiger partial charge in [0.15, 0.2) is 5.78 Å². The third kappa shape index (κ3) is 2.05. The molecule has 1 saturated heterocycles. The summed E-state index contributed by atoms with van der Waals surface area (Å²) in [7, 11) is 0. The largest absolute Gasteiger partial charge is 0.492 e. The molecule has 3 rings (SSSR count). The molecule has 0 spiro atoms. The van der Waals surface area contributed by atoms with E-state index in [0.717, 1.165) is 17.7 Å². The molecule has 1 aromatic rings. The predicted molar refractivity (Wildman–Crippen MR) is 71.5 cm³/mol. The summed E-state index contributed by atoms with van der Waals surface area (Å²) in [5.41, 5.74) is 7.26. The van der Waals surface area contributed by atoms with Gasteiger partial charge in [-0.2, -0.15) is 0 Å². The molecule has 0 radical (unpaired) electrons. The molecule has 1 aromatic carbocycles. The van der Waals surface area contributed by atoms with Gasteiger partial charge in [0.25, 0.3) is 0 Å². The highest BCUT2D eigenvalue weighted by molar-refractivity contribution is 6.03. The van der Waals surface area contributed by atoms with Crippen LogP contribution in [0.2, 0.25) is 0 Å². The van der Waals surface area contributed by atoms with Crippen molar-refractivity contribution >= 4 is 5.78 Å². The van der Waals surface area contributed by atoms with Gasteiger partial charge in [0.1, 0.15) is 5.75 Å². The van der Waals surface area contributed by atoms with Gasteiger partial charge < -0.3 is 15.2 Å². The summed E-state index contributed by atoms with van der Waals surface area (Å²) in [4.78, 5) is 12.9. The van der Waals surface area contributed by atoms with Gasteiger partial charge in [-0.3, -0.25) is 4.79 Å². The van der Waals surface area contributed by atoms with E-state index in [1.807, 2.05) is 18.2 Å². The number of ether oxygens (including phenoxy) is 2. The van der Waals surface area contributed by atoms with E-state index in [1.165, 1.54) is 0 Å². The number of hydrogen-bond acceptors (Lipinski definition) is 4. The van der Waals surface area contributed by atoms with Crippen molar-refractivity contribution in [2.75, 3.05) is 26.4 Å². The maximum absolute atomic E-state index is 12.9. The number of hydrogen-bond donors (Lipinski definition) is 1. The van der Waals surface area contributed by atoms with Crippen LogP contribution in [0.3, 0.4) is 0 Å². The molecule has 0 saturated carbocycles. The summed E-state index contributed by atoms with van der Waals surface area (Å²) in [6, 6.07) is 5.82. The fourth-order valence-electron chi connectivity index (χ4n) is 2.97. The quantitative estimate of drug-likeness (QED) is 0.839. The number of carbonyl (C=O) groups is 1. The first kappa shape index (κ1) is 12.6. The Balaban J connectivity index is 1.97. The van der Waals surface area contributed by atoms with Crippen LogP contribution in [-0.2, 0) is 11.2 Å². The summed E-state index contributed by atoms with van der Waals surface area (Å²) < 4.78 is 11.0. The maximum Gasteiger partial charge on any atom is 0.174 e. The van der Waals surface area contributed by atoms with Crippen molar-refractivity contribution < 1.29 is 14.3 Å². The van der Waals surface area contributed by atoms with Crippen LogP contribution < -0.4 is 10.5 Å². The van der Waals surface area contributed by atoms with Gasteiger partial charge in [-0.05, 0) is 24.5 Å². The lowest BCUT2D eigenvalue weighted by molar-refractivity contribution is 0.0199. The van der Waals surface area contributed by atoms with Crippen molar-refractivity contribution in [1.82, 2.24) is 0 Å². The maximum atomic E-state index is 12.9. The average Bonchev–Trinajstić information content (AvgIpc) is 2.95. The van der Waals surface area contributed by atoms with E-state index in [4.69, 9.17) is 15.2 Å². The molecule has 0 aliphatic carbocycles. The molecule has 2 aliphatic heterocycles. The number of nitrogens with two attached hydrogens (primary N) is 1. The lowest BCUT2D eigenvalue weighted by Gasteiger charge is -2.34. The molecule has 1 fully saturated rings. The third-order valence-corrected chi connectivity index (χ3v) is 4.28. The van der Waals surface area contributed by atoms with E-state index in [9.17, 15) is 4.79 Å². The molecule has 0 amide bonds. The summed E-state index contributed by atoms with van der Waals surface area (Å²) in [5.74, 6) is 0.892. The second-order valence-electron chi connectivity index (χ2n) is 5.32. The minimum absolute atomic E-state index is 0.122. The molecular formula is C15H19NO3. The number of Topliss-reactive ketones (excluding diaryl/α,β-unsaturated/α-hetero) is 1. The molecule has 0 atom stereocenters. The van der Waals surface area contributed by atoms with Crippen LogP contribution in [0.25, 0.3) is 0 Å². The lowest BCUT2D eigenvalue weighted by Crippen LogP contribution is -2.43. The normalized spacial score (nSPS) is 20.7. The minimum atomic E-state index is -0.473. The standard InChI is InChI=1S/C15H19NO3/c16-10-15(5-8-18-9-6-15)14(17)12-3-1-2-11-4-7-19-13(11)12/h1-3H,4-10,16H2. The van der Waals surface area contributed by atoms with Crippen LogP contribution in [0.4, 0.5) is 0 Å². The zero-order chi connectivity index (χ0) is 13.3. The fraction of sp³-hybridized carbons (Fsp3) is 0.533. The van der Waals surface area contributed by atoms with Crippen LogP contribution in [-0.4, -0.2) is 32.1 Å². The second-order valence-corrected chi connectivity index (χ2v) is 5.32. The van der Waals surface area contributed by atoms with Crippen LogP contribution in [0, 0.1) is 5.41 Å². The van der Waals surface area contributed by atoms with Crippen LogP contribution in [0.1, 0.15) is 28.8 Å². The summed E-state index contributed by atoms with van der Waals surface area (Å²) in [5, 5.41) is 0. The molecule has 0 aromatic heterocycles. The summed E-state index contributed by atoms with van der Waals surface area (Å²) in [6.45, 7) is 2.26. The molecule has 0 unspecified atom stereocenters. The molecule has 4 nitrogen and oxygen atoms in total. The SMILES string of the molecule is NCC1(C(=O)c2cccc3c2OCC3)CCOCC1. The first-order valence-electron chi connectivity index (χ1n) is 6.84. The Morgan fingerprint density at radius 3 is 2.79 bits per heavy atom. The van der Waals surface area contributed by atoms with E-state index >= 15 is 0 Å². The topological polar surface area (TPSA) is 61.6 Å². The molecule has 2 aliphatic rings. The van der Waals surface area contributed by atoms with Gasteiger partial charge in [-0.25, -0.2) is 0 Å². The predicted octanol–water partition coefficient (Wildman–Crippen LogP) is 1.56. The third-order valence-electron chi connectivity index (χ3n) is 4.28. The highest BCUT2D eigenvalue weighted by Crippen LogP contribution is 2.38. The Bertz CT molecular complexity index is 492. The molecule has 102 valence electrons. The van der Waals surface area contributed by atoms with Crippen LogP contribution >= 0.6 is 0 Å². The number of rotatable bonds is 3. The first-order chi connectivity index (χ1) is 9.27. The molecule has 19 heavy (non-hydrogen) atoms. The van der Waals surface area contributed by atoms with Crippen molar-refractivity contribution in [3.63, 3.8) is 0 Å². The smallest absolute Gasteiger partial charge is 0.174 e. The minimum Gasteiger partial charge on any atom is -0.492 e. The van der Waals surface area contributed by atoms with Crippen molar-refractivity contribution in [2.24, 2.45) is 11.1 Å². The highest BCUT2D eigenvalue weighted by Gasteiger charge is 2.40. The monoisotopic (exact) mass is 261 g/mol. The lowest BCUT2D eigenvalue weighted by atomic mass is 9.74. The highest BCUT2D eigenvalue weighted by atomic mass is 16.5. The van der Waals surface area contributed by atoms with E-state index in [0.29, 0.717) is 44.8 Å². The van der Waals surface area contributed by atoms with Gasteiger partial charge in [0, 0.05) is 26.2 Å². The Morgan fingerprint density at radius 2 is 2.05 bits per heavy atom. The Kier molecular flexibility index (Phi) is 3.29. The number of para-hydroxylation sites is 1. The average molecular weight is 261 g/mol. The number of ketones is 1. The number of fused-ring (bicyclic) bond motifs is 1. The Morgan fingerprint density at radius 1 is 1.26 bits per heavy atom. The van der Waals surface area contributed by atoms with Gasteiger partial charge in [-0.15, -0.1) is 0 Å². The number of benzene rings is 1. The first-order valence-corrected chi connectivity index (χ1v) is 6.84. The van der Waals surface area contributed by atoms with E-state index < -0.39 is 5.41 Å². The van der Waals surface area contributed by atoms with Crippen LogP contribution in [0.5, 0.6) is 5.75 Å². The molecule has 4 heteroatoms.